The van der Waals surface area contributed by atoms with Crippen molar-refractivity contribution in [3.63, 3.8) is 0 Å². The van der Waals surface area contributed by atoms with Crippen LogP contribution < -0.4 is 9.47 Å². The summed E-state index contributed by atoms with van der Waals surface area (Å²) in [6, 6.07) is 7.52. The standard InChI is InChI=1S/C21H20O9/c22-7-14-17(26)18(27)21-20(30-14)16-13(29-21)6-11(25)15-10(24)5-12(28-19(15)16)8-1-3-9(23)4-2-8/h1-4,6,12,14,17-18,20-23,25-27H,5,7H2/t12?,14-,17-,18+,20?,21+/m1/s1. The first-order chi connectivity index (χ1) is 14.4. The molecule has 5 N–H and O–H groups in total. The number of ketones is 1. The van der Waals surface area contributed by atoms with Crippen LogP contribution in [-0.4, -0.2) is 62.3 Å². The minimum absolute atomic E-state index is 0.00205. The lowest BCUT2D eigenvalue weighted by molar-refractivity contribution is -0.215. The van der Waals surface area contributed by atoms with Crippen LogP contribution in [0.1, 0.15) is 40.1 Å². The van der Waals surface area contributed by atoms with Gasteiger partial charge in [0.2, 0.25) is 0 Å². The number of ether oxygens (including phenoxy) is 3. The molecule has 0 aromatic heterocycles. The van der Waals surface area contributed by atoms with Gasteiger partial charge in [-0.25, -0.2) is 0 Å². The Morgan fingerprint density at radius 3 is 2.47 bits per heavy atom. The number of hydrogen-bond acceptors (Lipinski definition) is 9. The fourth-order valence-corrected chi connectivity index (χ4v) is 4.33. The number of aromatic hydroxyl groups is 2. The van der Waals surface area contributed by atoms with Gasteiger partial charge in [-0.1, -0.05) is 12.1 Å². The van der Waals surface area contributed by atoms with Crippen LogP contribution in [0.5, 0.6) is 23.0 Å². The SMILES string of the molecule is O=C1CC(c2ccc(O)cc2)Oc2c1c(O)cc1c2C2O[C@H](CO)[C@@H](O)[C@H](O)[C@@H]2O1. The number of carbonyl (C=O) groups is 1. The minimum atomic E-state index is -1.36. The monoisotopic (exact) mass is 416 g/mol. The second kappa shape index (κ2) is 6.85. The third kappa shape index (κ3) is 2.74. The van der Waals surface area contributed by atoms with E-state index in [0.717, 1.165) is 0 Å². The quantitative estimate of drug-likeness (QED) is 0.478. The average Bonchev–Trinajstić information content (AvgIpc) is 3.09. The molecule has 30 heavy (non-hydrogen) atoms. The van der Waals surface area contributed by atoms with Crippen LogP contribution in [0.2, 0.25) is 0 Å². The van der Waals surface area contributed by atoms with Crippen molar-refractivity contribution in [3.05, 3.63) is 47.0 Å². The fraction of sp³-hybridized carbons (Fsp3) is 0.381. The summed E-state index contributed by atoms with van der Waals surface area (Å²) in [5.41, 5.74) is 0.999. The molecule has 158 valence electrons. The van der Waals surface area contributed by atoms with Gasteiger partial charge in [-0.3, -0.25) is 4.79 Å². The summed E-state index contributed by atoms with van der Waals surface area (Å²) < 4.78 is 17.6. The van der Waals surface area contributed by atoms with Crippen molar-refractivity contribution >= 4 is 5.78 Å². The number of aliphatic hydroxyl groups is 3. The summed E-state index contributed by atoms with van der Waals surface area (Å²) in [6.07, 6.45) is -6.33. The molecule has 2 aromatic carbocycles. The third-order valence-electron chi connectivity index (χ3n) is 5.85. The van der Waals surface area contributed by atoms with Gasteiger partial charge in [-0.15, -0.1) is 0 Å². The van der Waals surface area contributed by atoms with E-state index < -0.39 is 43.2 Å². The molecule has 0 amide bonds. The van der Waals surface area contributed by atoms with Crippen LogP contribution >= 0.6 is 0 Å². The van der Waals surface area contributed by atoms with Crippen molar-refractivity contribution < 1.29 is 44.5 Å². The molecule has 6 atom stereocenters. The lowest BCUT2D eigenvalue weighted by Crippen LogP contribution is -2.55. The maximum atomic E-state index is 12.9. The van der Waals surface area contributed by atoms with E-state index in [1.54, 1.807) is 12.1 Å². The predicted octanol–water partition coefficient (Wildman–Crippen LogP) is 0.719. The largest absolute Gasteiger partial charge is 0.508 e. The predicted molar refractivity (Wildman–Crippen MR) is 99.7 cm³/mol. The zero-order valence-corrected chi connectivity index (χ0v) is 15.6. The van der Waals surface area contributed by atoms with Crippen molar-refractivity contribution in [2.45, 2.75) is 43.0 Å². The van der Waals surface area contributed by atoms with Gasteiger partial charge in [0.15, 0.2) is 11.9 Å². The Bertz CT molecular complexity index is 1000. The molecule has 0 bridgehead atoms. The van der Waals surface area contributed by atoms with E-state index in [4.69, 9.17) is 14.2 Å². The van der Waals surface area contributed by atoms with Crippen LogP contribution in [0, 0.1) is 0 Å². The molecule has 5 rings (SSSR count). The highest BCUT2D eigenvalue weighted by atomic mass is 16.6. The minimum Gasteiger partial charge on any atom is -0.508 e. The molecule has 0 saturated carbocycles. The summed E-state index contributed by atoms with van der Waals surface area (Å²) >= 11 is 0. The van der Waals surface area contributed by atoms with Crippen LogP contribution in [-0.2, 0) is 4.74 Å². The van der Waals surface area contributed by atoms with Gasteiger partial charge < -0.3 is 39.7 Å². The summed E-state index contributed by atoms with van der Waals surface area (Å²) in [4.78, 5) is 12.9. The van der Waals surface area contributed by atoms with E-state index in [1.165, 1.54) is 18.2 Å². The number of rotatable bonds is 2. The average molecular weight is 416 g/mol. The van der Waals surface area contributed by atoms with E-state index in [0.29, 0.717) is 11.1 Å². The molecular weight excluding hydrogens is 396 g/mol. The Balaban J connectivity index is 1.59. The van der Waals surface area contributed by atoms with Crippen molar-refractivity contribution in [2.24, 2.45) is 0 Å². The third-order valence-corrected chi connectivity index (χ3v) is 5.85. The molecule has 0 spiro atoms. The van der Waals surface area contributed by atoms with Crippen molar-refractivity contribution in [1.29, 1.82) is 0 Å². The lowest BCUT2D eigenvalue weighted by atomic mass is 9.89. The molecule has 9 nitrogen and oxygen atoms in total. The molecule has 0 aliphatic carbocycles. The fourth-order valence-electron chi connectivity index (χ4n) is 4.33. The first-order valence-electron chi connectivity index (χ1n) is 9.56. The van der Waals surface area contributed by atoms with Crippen LogP contribution in [0.25, 0.3) is 0 Å². The van der Waals surface area contributed by atoms with Gasteiger partial charge in [0.25, 0.3) is 0 Å². The number of Topliss-reactive ketones (excluding diaryl/α,β-unsaturated/α-hetero) is 1. The molecule has 3 aliphatic rings. The highest BCUT2D eigenvalue weighted by molar-refractivity contribution is 6.03. The molecule has 1 fully saturated rings. The summed E-state index contributed by atoms with van der Waals surface area (Å²) in [5.74, 6) is -0.315. The highest BCUT2D eigenvalue weighted by Gasteiger charge is 2.53. The van der Waals surface area contributed by atoms with E-state index in [1.807, 2.05) is 0 Å². The van der Waals surface area contributed by atoms with Gasteiger partial charge in [-0.2, -0.15) is 0 Å². The molecule has 1 saturated heterocycles. The van der Waals surface area contributed by atoms with Gasteiger partial charge in [0, 0.05) is 6.07 Å². The number of phenols is 2. The molecule has 3 aliphatic heterocycles. The Hall–Kier alpha value is -2.85. The number of hydrogen-bond donors (Lipinski definition) is 5. The molecule has 9 heteroatoms. The first-order valence-corrected chi connectivity index (χ1v) is 9.56. The zero-order valence-electron chi connectivity index (χ0n) is 15.6. The van der Waals surface area contributed by atoms with E-state index in [-0.39, 0.29) is 40.8 Å². The highest BCUT2D eigenvalue weighted by Crippen LogP contribution is 2.54. The lowest BCUT2D eigenvalue weighted by Gasteiger charge is -2.38. The first kappa shape index (κ1) is 19.1. The van der Waals surface area contributed by atoms with Crippen LogP contribution in [0.4, 0.5) is 0 Å². The number of benzene rings is 2. The van der Waals surface area contributed by atoms with Crippen molar-refractivity contribution in [2.75, 3.05) is 6.61 Å². The van der Waals surface area contributed by atoms with E-state index in [9.17, 15) is 30.3 Å². The maximum absolute atomic E-state index is 12.9. The number of phenolic OH excluding ortho intramolecular Hbond substituents is 2. The normalized spacial score (nSPS) is 31.9. The smallest absolute Gasteiger partial charge is 0.174 e. The van der Waals surface area contributed by atoms with E-state index >= 15 is 0 Å². The van der Waals surface area contributed by atoms with E-state index in [2.05, 4.69) is 0 Å². The molecule has 2 unspecified atom stereocenters. The van der Waals surface area contributed by atoms with Crippen LogP contribution in [0.15, 0.2) is 30.3 Å². The Morgan fingerprint density at radius 2 is 1.77 bits per heavy atom. The van der Waals surface area contributed by atoms with Gasteiger partial charge >= 0.3 is 0 Å². The second-order valence-electron chi connectivity index (χ2n) is 7.68. The van der Waals surface area contributed by atoms with Gasteiger partial charge in [0.1, 0.15) is 59.1 Å². The Morgan fingerprint density at radius 1 is 1.03 bits per heavy atom. The number of fused-ring (bicyclic) bond motifs is 5. The van der Waals surface area contributed by atoms with Crippen LogP contribution in [0.3, 0.4) is 0 Å². The van der Waals surface area contributed by atoms with Gasteiger partial charge in [0.05, 0.1) is 18.6 Å². The molecular formula is C21H20O9. The second-order valence-corrected chi connectivity index (χ2v) is 7.68. The molecule has 2 aromatic rings. The summed E-state index contributed by atoms with van der Waals surface area (Å²) in [6.45, 7) is -0.521. The number of carbonyl (C=O) groups excluding carboxylic acids is 1. The number of aliphatic hydroxyl groups excluding tert-OH is 3. The molecule has 0 radical (unpaired) electrons. The summed E-state index contributed by atoms with van der Waals surface area (Å²) in [5, 5.41) is 50.0. The Labute approximate surface area is 170 Å². The maximum Gasteiger partial charge on any atom is 0.174 e. The van der Waals surface area contributed by atoms with Crippen molar-refractivity contribution in [1.82, 2.24) is 0 Å². The zero-order chi connectivity index (χ0) is 21.2. The topological polar surface area (TPSA) is 146 Å². The van der Waals surface area contributed by atoms with Gasteiger partial charge in [-0.05, 0) is 17.7 Å². The Kier molecular flexibility index (Phi) is 4.37. The molecule has 3 heterocycles. The van der Waals surface area contributed by atoms with Crippen molar-refractivity contribution in [3.8, 4) is 23.0 Å². The summed E-state index contributed by atoms with van der Waals surface area (Å²) in [7, 11) is 0.